The molecule has 3 rings (SSSR count). The van der Waals surface area contributed by atoms with Crippen LogP contribution in [0.4, 0.5) is 0 Å². The summed E-state index contributed by atoms with van der Waals surface area (Å²) in [5.74, 6) is 0.388. The van der Waals surface area contributed by atoms with Crippen molar-refractivity contribution in [1.29, 1.82) is 0 Å². The predicted octanol–water partition coefficient (Wildman–Crippen LogP) is 1.52. The zero-order valence-corrected chi connectivity index (χ0v) is 11.4. The first-order chi connectivity index (χ1) is 9.86. The molecule has 1 saturated carbocycles. The van der Waals surface area contributed by atoms with E-state index in [2.05, 4.69) is 15.5 Å². The molecular formula is C15H20N4O. The van der Waals surface area contributed by atoms with Gasteiger partial charge >= 0.3 is 0 Å². The van der Waals surface area contributed by atoms with Crippen molar-refractivity contribution in [1.82, 2.24) is 20.3 Å². The molecule has 1 aliphatic rings. The van der Waals surface area contributed by atoms with Crippen molar-refractivity contribution < 1.29 is 5.11 Å². The van der Waals surface area contributed by atoms with Gasteiger partial charge in [-0.25, -0.2) is 0 Å². The monoisotopic (exact) mass is 272 g/mol. The van der Waals surface area contributed by atoms with Crippen molar-refractivity contribution in [2.75, 3.05) is 6.61 Å². The number of rotatable bonds is 5. The molecule has 1 aromatic carbocycles. The molecule has 0 saturated heterocycles. The van der Waals surface area contributed by atoms with Gasteiger partial charge < -0.3 is 10.4 Å². The summed E-state index contributed by atoms with van der Waals surface area (Å²) in [7, 11) is 0. The molecule has 0 amide bonds. The summed E-state index contributed by atoms with van der Waals surface area (Å²) in [6, 6.07) is 10.3. The third kappa shape index (κ3) is 2.89. The number of hydrogen-bond acceptors (Lipinski definition) is 4. The van der Waals surface area contributed by atoms with Crippen molar-refractivity contribution in [3.05, 3.63) is 42.2 Å². The minimum atomic E-state index is 0.272. The summed E-state index contributed by atoms with van der Waals surface area (Å²) in [5, 5.41) is 21.6. The zero-order chi connectivity index (χ0) is 13.8. The van der Waals surface area contributed by atoms with Crippen molar-refractivity contribution in [3.63, 3.8) is 0 Å². The lowest BCUT2D eigenvalue weighted by atomic mass is 10.1. The molecule has 0 spiro atoms. The third-order valence-electron chi connectivity index (χ3n) is 3.97. The molecule has 1 fully saturated rings. The van der Waals surface area contributed by atoms with Gasteiger partial charge in [0.1, 0.15) is 0 Å². The van der Waals surface area contributed by atoms with Crippen LogP contribution in [0.1, 0.15) is 25.0 Å². The molecule has 5 heteroatoms. The number of aliphatic hydroxyl groups is 1. The highest BCUT2D eigenvalue weighted by molar-refractivity contribution is 5.28. The van der Waals surface area contributed by atoms with Gasteiger partial charge in [0.25, 0.3) is 0 Å². The Bertz CT molecular complexity index is 540. The maximum absolute atomic E-state index is 9.31. The van der Waals surface area contributed by atoms with Crippen LogP contribution in [0, 0.1) is 5.92 Å². The Hall–Kier alpha value is -1.72. The highest BCUT2D eigenvalue weighted by Crippen LogP contribution is 2.25. The van der Waals surface area contributed by atoms with Crippen LogP contribution in [-0.2, 0) is 6.54 Å². The Morgan fingerprint density at radius 2 is 2.10 bits per heavy atom. The van der Waals surface area contributed by atoms with Gasteiger partial charge in [0.2, 0.25) is 0 Å². The second-order valence-electron chi connectivity index (χ2n) is 5.32. The molecule has 2 aromatic rings. The smallest absolute Gasteiger partial charge is 0.0969 e. The van der Waals surface area contributed by atoms with E-state index in [0.29, 0.717) is 18.5 Å². The molecule has 20 heavy (non-hydrogen) atoms. The Labute approximate surface area is 118 Å². The zero-order valence-electron chi connectivity index (χ0n) is 11.4. The van der Waals surface area contributed by atoms with E-state index in [4.69, 9.17) is 0 Å². The first-order valence-electron chi connectivity index (χ1n) is 7.17. The van der Waals surface area contributed by atoms with E-state index >= 15 is 0 Å². The number of aliphatic hydroxyl groups excluding tert-OH is 1. The molecule has 5 nitrogen and oxygen atoms in total. The number of nitrogens with zero attached hydrogens (tertiary/aromatic N) is 3. The minimum absolute atomic E-state index is 0.272. The second-order valence-corrected chi connectivity index (χ2v) is 5.32. The molecule has 2 atom stereocenters. The highest BCUT2D eigenvalue weighted by atomic mass is 16.3. The van der Waals surface area contributed by atoms with Gasteiger partial charge in [-0.3, -0.25) is 0 Å². The number of nitrogens with one attached hydrogen (secondary N) is 1. The molecule has 0 radical (unpaired) electrons. The average Bonchev–Trinajstić information content (AvgIpc) is 3.15. The fraction of sp³-hybridized carbons (Fsp3) is 0.467. The van der Waals surface area contributed by atoms with Crippen LogP contribution < -0.4 is 5.32 Å². The van der Waals surface area contributed by atoms with Crippen molar-refractivity contribution >= 4 is 0 Å². The molecule has 2 unspecified atom stereocenters. The summed E-state index contributed by atoms with van der Waals surface area (Å²) < 4.78 is 0. The quantitative estimate of drug-likeness (QED) is 0.866. The largest absolute Gasteiger partial charge is 0.396 e. The summed E-state index contributed by atoms with van der Waals surface area (Å²) in [6.45, 7) is 0.975. The van der Waals surface area contributed by atoms with Crippen LogP contribution in [-0.4, -0.2) is 32.7 Å². The normalized spacial score (nSPS) is 22.2. The topological polar surface area (TPSA) is 63.0 Å². The second kappa shape index (κ2) is 6.15. The van der Waals surface area contributed by atoms with Crippen molar-refractivity contribution in [3.8, 4) is 5.69 Å². The summed E-state index contributed by atoms with van der Waals surface area (Å²) in [6.07, 6.45) is 5.24. The van der Waals surface area contributed by atoms with E-state index in [0.717, 1.165) is 24.2 Å². The van der Waals surface area contributed by atoms with E-state index in [1.807, 2.05) is 30.3 Å². The molecule has 106 valence electrons. The van der Waals surface area contributed by atoms with Gasteiger partial charge in [-0.15, -0.1) is 0 Å². The Balaban J connectivity index is 1.60. The maximum atomic E-state index is 9.31. The maximum Gasteiger partial charge on any atom is 0.0969 e. The number of hydrogen-bond donors (Lipinski definition) is 2. The summed E-state index contributed by atoms with van der Waals surface area (Å²) in [5.41, 5.74) is 1.89. The minimum Gasteiger partial charge on any atom is -0.396 e. The van der Waals surface area contributed by atoms with Crippen LogP contribution >= 0.6 is 0 Å². The van der Waals surface area contributed by atoms with Gasteiger partial charge in [-0.2, -0.15) is 15.0 Å². The third-order valence-corrected chi connectivity index (χ3v) is 3.97. The Morgan fingerprint density at radius 3 is 2.90 bits per heavy atom. The van der Waals surface area contributed by atoms with E-state index in [1.54, 1.807) is 11.0 Å². The van der Waals surface area contributed by atoms with Gasteiger partial charge in [0.05, 0.1) is 17.6 Å². The first-order valence-corrected chi connectivity index (χ1v) is 7.17. The van der Waals surface area contributed by atoms with E-state index in [1.165, 1.54) is 6.42 Å². The number of para-hydroxylation sites is 1. The lowest BCUT2D eigenvalue weighted by Crippen LogP contribution is -2.33. The van der Waals surface area contributed by atoms with E-state index in [-0.39, 0.29) is 6.61 Å². The van der Waals surface area contributed by atoms with Crippen LogP contribution in [0.25, 0.3) is 5.69 Å². The van der Waals surface area contributed by atoms with Gasteiger partial charge in [0, 0.05) is 19.2 Å². The molecule has 0 aliphatic heterocycles. The first kappa shape index (κ1) is 13.3. The van der Waals surface area contributed by atoms with E-state index in [9.17, 15) is 5.11 Å². The Kier molecular flexibility index (Phi) is 4.08. The van der Waals surface area contributed by atoms with Crippen LogP contribution in [0.3, 0.4) is 0 Å². The van der Waals surface area contributed by atoms with Crippen LogP contribution in [0.2, 0.25) is 0 Å². The number of benzene rings is 1. The standard InChI is InChI=1S/C15H20N4O/c20-11-12-5-4-8-15(12)16-9-13-10-17-19(18-13)14-6-2-1-3-7-14/h1-3,6-7,10,12,15-16,20H,4-5,8-9,11H2. The molecule has 1 heterocycles. The number of aromatic nitrogens is 3. The molecular weight excluding hydrogens is 252 g/mol. The molecule has 0 bridgehead atoms. The molecule has 1 aliphatic carbocycles. The lowest BCUT2D eigenvalue weighted by Gasteiger charge is -2.18. The lowest BCUT2D eigenvalue weighted by molar-refractivity contribution is 0.205. The van der Waals surface area contributed by atoms with E-state index < -0.39 is 0 Å². The summed E-state index contributed by atoms with van der Waals surface area (Å²) >= 11 is 0. The summed E-state index contributed by atoms with van der Waals surface area (Å²) in [4.78, 5) is 1.65. The van der Waals surface area contributed by atoms with Gasteiger partial charge in [0.15, 0.2) is 0 Å². The van der Waals surface area contributed by atoms with Gasteiger partial charge in [-0.05, 0) is 30.9 Å². The van der Waals surface area contributed by atoms with Crippen LogP contribution in [0.5, 0.6) is 0 Å². The SMILES string of the molecule is OCC1CCCC1NCc1cnn(-c2ccccc2)n1. The van der Waals surface area contributed by atoms with Crippen molar-refractivity contribution in [2.24, 2.45) is 5.92 Å². The van der Waals surface area contributed by atoms with Crippen molar-refractivity contribution in [2.45, 2.75) is 31.8 Å². The average molecular weight is 272 g/mol. The fourth-order valence-electron chi connectivity index (χ4n) is 2.82. The Morgan fingerprint density at radius 1 is 1.25 bits per heavy atom. The van der Waals surface area contributed by atoms with Crippen LogP contribution in [0.15, 0.2) is 36.5 Å². The molecule has 2 N–H and O–H groups in total. The molecule has 1 aromatic heterocycles. The predicted molar refractivity (Wildman–Crippen MR) is 76.4 cm³/mol. The van der Waals surface area contributed by atoms with Gasteiger partial charge in [-0.1, -0.05) is 24.6 Å². The fourth-order valence-corrected chi connectivity index (χ4v) is 2.82. The highest BCUT2D eigenvalue weighted by Gasteiger charge is 2.26.